The fraction of sp³-hybridized carbons (Fsp3) is 0.111. The molecular weight excluding hydrogens is 166 g/mol. The lowest BCUT2D eigenvalue weighted by atomic mass is 10.3. The van der Waals surface area contributed by atoms with Crippen LogP contribution in [0.4, 0.5) is 5.69 Å². The van der Waals surface area contributed by atoms with Crippen molar-refractivity contribution in [2.75, 3.05) is 12.4 Å². The lowest BCUT2D eigenvalue weighted by Crippen LogP contribution is -2.03. The number of hydrogen-bond donors (Lipinski definition) is 2. The molecule has 66 valence electrons. The summed E-state index contributed by atoms with van der Waals surface area (Å²) in [7, 11) is 1.81. The summed E-state index contributed by atoms with van der Waals surface area (Å²) >= 11 is 0. The zero-order valence-electron chi connectivity index (χ0n) is 7.16. The van der Waals surface area contributed by atoms with E-state index in [9.17, 15) is 4.79 Å². The number of hydrogen-bond acceptors (Lipinski definition) is 3. The van der Waals surface area contributed by atoms with Gasteiger partial charge in [-0.15, -0.1) is 0 Å². The standard InChI is InChI=1S/C9H9N3O/c1-10-6-4-8-7(11-5-6)2-3-9(13)12-8/h2-5,10H,1H3,(H,12,13). The predicted octanol–water partition coefficient (Wildman–Crippen LogP) is 0.965. The molecule has 0 saturated heterocycles. The molecule has 4 heteroatoms. The Labute approximate surface area is 74.6 Å². The first-order chi connectivity index (χ1) is 6.29. The molecule has 0 aliphatic heterocycles. The third-order valence-corrected chi connectivity index (χ3v) is 1.86. The molecule has 0 saturated carbocycles. The van der Waals surface area contributed by atoms with Crippen molar-refractivity contribution >= 4 is 16.7 Å². The van der Waals surface area contributed by atoms with Crippen molar-refractivity contribution in [1.29, 1.82) is 0 Å². The zero-order valence-corrected chi connectivity index (χ0v) is 7.16. The smallest absolute Gasteiger partial charge is 0.248 e. The van der Waals surface area contributed by atoms with Crippen molar-refractivity contribution in [3.63, 3.8) is 0 Å². The van der Waals surface area contributed by atoms with E-state index in [2.05, 4.69) is 15.3 Å². The number of pyridine rings is 2. The topological polar surface area (TPSA) is 57.8 Å². The van der Waals surface area contributed by atoms with E-state index in [0.717, 1.165) is 16.7 Å². The minimum Gasteiger partial charge on any atom is -0.387 e. The van der Waals surface area contributed by atoms with E-state index in [1.807, 2.05) is 13.1 Å². The number of nitrogens with one attached hydrogen (secondary N) is 2. The average Bonchev–Trinajstić information content (AvgIpc) is 2.16. The van der Waals surface area contributed by atoms with Crippen LogP contribution in [-0.2, 0) is 0 Å². The Kier molecular flexibility index (Phi) is 1.73. The van der Waals surface area contributed by atoms with Crippen molar-refractivity contribution in [2.24, 2.45) is 0 Å². The van der Waals surface area contributed by atoms with Gasteiger partial charge < -0.3 is 10.3 Å². The summed E-state index contributed by atoms with van der Waals surface area (Å²) in [5.41, 5.74) is 2.31. The molecule has 0 amide bonds. The van der Waals surface area contributed by atoms with Gasteiger partial charge in [-0.3, -0.25) is 9.78 Å². The highest BCUT2D eigenvalue weighted by Crippen LogP contribution is 2.11. The quantitative estimate of drug-likeness (QED) is 0.678. The van der Waals surface area contributed by atoms with E-state index in [1.54, 1.807) is 12.3 Å². The molecule has 2 N–H and O–H groups in total. The van der Waals surface area contributed by atoms with Gasteiger partial charge in [-0.25, -0.2) is 0 Å². The summed E-state index contributed by atoms with van der Waals surface area (Å²) in [6, 6.07) is 5.02. The van der Waals surface area contributed by atoms with Crippen molar-refractivity contribution in [2.45, 2.75) is 0 Å². The number of H-pyrrole nitrogens is 1. The van der Waals surface area contributed by atoms with Crippen LogP contribution in [0, 0.1) is 0 Å². The largest absolute Gasteiger partial charge is 0.387 e. The van der Waals surface area contributed by atoms with Crippen LogP contribution in [0.5, 0.6) is 0 Å². The summed E-state index contributed by atoms with van der Waals surface area (Å²) in [5.74, 6) is 0. The van der Waals surface area contributed by atoms with Gasteiger partial charge in [0.1, 0.15) is 0 Å². The summed E-state index contributed by atoms with van der Waals surface area (Å²) in [6.45, 7) is 0. The lowest BCUT2D eigenvalue weighted by Gasteiger charge is -2.00. The maximum absolute atomic E-state index is 11.0. The average molecular weight is 175 g/mol. The molecule has 0 aliphatic rings. The molecule has 0 unspecified atom stereocenters. The molecule has 2 aromatic heterocycles. The van der Waals surface area contributed by atoms with Crippen molar-refractivity contribution in [3.8, 4) is 0 Å². The van der Waals surface area contributed by atoms with Crippen molar-refractivity contribution in [1.82, 2.24) is 9.97 Å². The van der Waals surface area contributed by atoms with Crippen LogP contribution < -0.4 is 10.9 Å². The van der Waals surface area contributed by atoms with E-state index in [0.29, 0.717) is 0 Å². The maximum atomic E-state index is 11.0. The number of aromatic amines is 1. The first kappa shape index (κ1) is 7.79. The van der Waals surface area contributed by atoms with Crippen molar-refractivity contribution < 1.29 is 0 Å². The van der Waals surface area contributed by atoms with Gasteiger partial charge in [0.05, 0.1) is 22.9 Å². The molecule has 0 aliphatic carbocycles. The molecular formula is C9H9N3O. The van der Waals surface area contributed by atoms with Gasteiger partial charge >= 0.3 is 0 Å². The fourth-order valence-corrected chi connectivity index (χ4v) is 1.17. The Morgan fingerprint density at radius 1 is 1.46 bits per heavy atom. The first-order valence-electron chi connectivity index (χ1n) is 3.96. The predicted molar refractivity (Wildman–Crippen MR) is 51.9 cm³/mol. The van der Waals surface area contributed by atoms with E-state index >= 15 is 0 Å². The third kappa shape index (κ3) is 1.38. The molecule has 0 fully saturated rings. The Morgan fingerprint density at radius 2 is 2.31 bits per heavy atom. The number of rotatable bonds is 1. The van der Waals surface area contributed by atoms with Gasteiger partial charge in [-0.1, -0.05) is 0 Å². The number of aromatic nitrogens is 2. The van der Waals surface area contributed by atoms with Gasteiger partial charge in [0.25, 0.3) is 0 Å². The minimum atomic E-state index is -0.109. The molecule has 2 rings (SSSR count). The minimum absolute atomic E-state index is 0.109. The summed E-state index contributed by atoms with van der Waals surface area (Å²) in [5, 5.41) is 2.95. The molecule has 2 aromatic rings. The Morgan fingerprint density at radius 3 is 3.08 bits per heavy atom. The van der Waals surface area contributed by atoms with Gasteiger partial charge in [0.15, 0.2) is 0 Å². The van der Waals surface area contributed by atoms with Crippen molar-refractivity contribution in [3.05, 3.63) is 34.7 Å². The van der Waals surface area contributed by atoms with Crippen LogP contribution >= 0.6 is 0 Å². The first-order valence-corrected chi connectivity index (χ1v) is 3.96. The number of fused-ring (bicyclic) bond motifs is 1. The highest BCUT2D eigenvalue weighted by Gasteiger charge is 1.96. The third-order valence-electron chi connectivity index (χ3n) is 1.86. The van der Waals surface area contributed by atoms with Gasteiger partial charge in [0.2, 0.25) is 5.56 Å². The fourth-order valence-electron chi connectivity index (χ4n) is 1.17. The van der Waals surface area contributed by atoms with E-state index in [4.69, 9.17) is 0 Å². The van der Waals surface area contributed by atoms with Gasteiger partial charge in [-0.05, 0) is 12.1 Å². The lowest BCUT2D eigenvalue weighted by molar-refractivity contribution is 1.27. The normalized spacial score (nSPS) is 10.2. The summed E-state index contributed by atoms with van der Waals surface area (Å²) in [6.07, 6.45) is 1.72. The Balaban J connectivity index is 2.75. The second-order valence-corrected chi connectivity index (χ2v) is 2.73. The SMILES string of the molecule is CNc1cnc2ccc(=O)[nH]c2c1. The molecule has 0 atom stereocenters. The number of nitrogens with zero attached hydrogens (tertiary/aromatic N) is 1. The molecule has 0 bridgehead atoms. The molecule has 0 spiro atoms. The maximum Gasteiger partial charge on any atom is 0.248 e. The summed E-state index contributed by atoms with van der Waals surface area (Å²) < 4.78 is 0. The van der Waals surface area contributed by atoms with Crippen LogP contribution in [0.3, 0.4) is 0 Å². The van der Waals surface area contributed by atoms with Crippen LogP contribution in [0.15, 0.2) is 29.2 Å². The van der Waals surface area contributed by atoms with E-state index in [-0.39, 0.29) is 5.56 Å². The highest BCUT2D eigenvalue weighted by atomic mass is 16.1. The molecule has 13 heavy (non-hydrogen) atoms. The summed E-state index contributed by atoms with van der Waals surface area (Å²) in [4.78, 5) is 17.8. The monoisotopic (exact) mass is 175 g/mol. The van der Waals surface area contributed by atoms with Gasteiger partial charge in [-0.2, -0.15) is 0 Å². The van der Waals surface area contributed by atoms with Crippen LogP contribution in [0.1, 0.15) is 0 Å². The van der Waals surface area contributed by atoms with Gasteiger partial charge in [0, 0.05) is 13.1 Å². The Bertz CT molecular complexity index is 489. The number of anilines is 1. The molecule has 0 aromatic carbocycles. The van der Waals surface area contributed by atoms with E-state index in [1.165, 1.54) is 6.07 Å². The van der Waals surface area contributed by atoms with E-state index < -0.39 is 0 Å². The molecule has 4 nitrogen and oxygen atoms in total. The second kappa shape index (κ2) is 2.90. The molecule has 2 heterocycles. The van der Waals surface area contributed by atoms with Crippen LogP contribution in [0.25, 0.3) is 11.0 Å². The van der Waals surface area contributed by atoms with Crippen LogP contribution in [-0.4, -0.2) is 17.0 Å². The van der Waals surface area contributed by atoms with Crippen LogP contribution in [0.2, 0.25) is 0 Å². The highest BCUT2D eigenvalue weighted by molar-refractivity contribution is 5.76. The second-order valence-electron chi connectivity index (χ2n) is 2.73. The zero-order chi connectivity index (χ0) is 9.26. The Hall–Kier alpha value is -1.84. The molecule has 0 radical (unpaired) electrons.